The first-order chi connectivity index (χ1) is 3.31. The smallest absolute Gasteiger partial charge is 0.00338 e. The van der Waals surface area contributed by atoms with Gasteiger partial charge in [-0.2, -0.15) is 0 Å². The van der Waals surface area contributed by atoms with Crippen LogP contribution in [0.5, 0.6) is 0 Å². The number of hydrogen-bond donors (Lipinski definition) is 0. The molecule has 0 heterocycles. The maximum absolute atomic E-state index is 3.78. The molecule has 0 fully saturated rings. The molecule has 43 valence electrons. The fourth-order valence-electron chi connectivity index (χ4n) is 0.331. The Bertz CT molecular complexity index is 35.2. The van der Waals surface area contributed by atoms with Gasteiger partial charge in [0.05, 0.1) is 0 Å². The van der Waals surface area contributed by atoms with Crippen molar-refractivity contribution in [3.8, 4) is 0 Å². The van der Waals surface area contributed by atoms with Crippen molar-refractivity contribution >= 4 is 15.9 Å². The van der Waals surface area contributed by atoms with E-state index in [-0.39, 0.29) is 0 Å². The quantitative estimate of drug-likeness (QED) is 0.562. The first kappa shape index (κ1) is 7.48. The third-order valence-corrected chi connectivity index (χ3v) is 1.55. The minimum Gasteiger partial charge on any atom is -0.0928 e. The van der Waals surface area contributed by atoms with Gasteiger partial charge in [0.2, 0.25) is 0 Å². The molecule has 0 aliphatic carbocycles. The highest BCUT2D eigenvalue weighted by Crippen LogP contribution is 2.06. The molecule has 7 heavy (non-hydrogen) atoms. The van der Waals surface area contributed by atoms with Crippen molar-refractivity contribution < 1.29 is 0 Å². The zero-order valence-electron chi connectivity index (χ0n) is 4.78. The van der Waals surface area contributed by atoms with E-state index in [4.69, 9.17) is 0 Å². The molecule has 0 aliphatic heterocycles. The van der Waals surface area contributed by atoms with Crippen LogP contribution in [0.1, 0.15) is 19.8 Å². The molecule has 0 bridgehead atoms. The molecule has 0 aromatic heterocycles. The average Bonchev–Trinajstić information content (AvgIpc) is 1.68. The molecule has 1 atom stereocenters. The highest BCUT2D eigenvalue weighted by Gasteiger charge is 1.93. The fourth-order valence-corrected chi connectivity index (χ4v) is 1.11. The lowest BCUT2D eigenvalue weighted by atomic mass is 10.1. The van der Waals surface area contributed by atoms with Crippen molar-refractivity contribution in [1.82, 2.24) is 0 Å². The lowest BCUT2D eigenvalue weighted by Gasteiger charge is -2.01. The predicted molar refractivity (Wildman–Crippen MR) is 37.5 cm³/mol. The van der Waals surface area contributed by atoms with Gasteiger partial charge >= 0.3 is 0 Å². The van der Waals surface area contributed by atoms with Crippen molar-refractivity contribution in [3.63, 3.8) is 0 Å². The highest BCUT2D eigenvalue weighted by molar-refractivity contribution is 9.09. The van der Waals surface area contributed by atoms with E-state index in [1.165, 1.54) is 6.42 Å². The van der Waals surface area contributed by atoms with Crippen molar-refractivity contribution in [1.29, 1.82) is 0 Å². The second kappa shape index (κ2) is 4.63. The molecule has 0 N–H and O–H groups in total. The van der Waals surface area contributed by atoms with Gasteiger partial charge in [-0.25, -0.2) is 0 Å². The van der Waals surface area contributed by atoms with Crippen LogP contribution in [0.4, 0.5) is 0 Å². The molecular formula is C6H12Br. The van der Waals surface area contributed by atoms with E-state index < -0.39 is 0 Å². The van der Waals surface area contributed by atoms with Crippen molar-refractivity contribution in [3.05, 3.63) is 6.92 Å². The summed E-state index contributed by atoms with van der Waals surface area (Å²) >= 11 is 3.36. The largest absolute Gasteiger partial charge is 0.0928 e. The van der Waals surface area contributed by atoms with Gasteiger partial charge in [0.25, 0.3) is 0 Å². The molecule has 0 aromatic rings. The predicted octanol–water partition coefficient (Wildman–Crippen LogP) is 2.63. The molecule has 0 saturated carbocycles. The second-order valence-electron chi connectivity index (χ2n) is 1.87. The lowest BCUT2D eigenvalue weighted by Crippen LogP contribution is -1.90. The van der Waals surface area contributed by atoms with E-state index in [0.29, 0.717) is 0 Å². The Balaban J connectivity index is 2.83. The Labute approximate surface area is 54.4 Å². The molecule has 0 spiro atoms. The summed E-state index contributed by atoms with van der Waals surface area (Å²) in [5.74, 6) is 0.791. The molecule has 1 heteroatoms. The SMILES string of the molecule is [CH2]CC(C)CCBr. The fraction of sp³-hybridized carbons (Fsp3) is 0.833. The molecule has 0 aliphatic rings. The molecular weight excluding hydrogens is 152 g/mol. The number of halogens is 1. The van der Waals surface area contributed by atoms with Gasteiger partial charge in [-0.1, -0.05) is 36.2 Å². The summed E-state index contributed by atoms with van der Waals surface area (Å²) in [4.78, 5) is 0. The summed E-state index contributed by atoms with van der Waals surface area (Å²) < 4.78 is 0. The molecule has 1 unspecified atom stereocenters. The molecule has 0 rings (SSSR count). The molecule has 1 radical (unpaired) electrons. The highest BCUT2D eigenvalue weighted by atomic mass is 79.9. The summed E-state index contributed by atoms with van der Waals surface area (Å²) in [5, 5.41) is 1.11. The molecule has 0 saturated heterocycles. The lowest BCUT2D eigenvalue weighted by molar-refractivity contribution is 0.577. The maximum atomic E-state index is 3.78. The third kappa shape index (κ3) is 4.33. The van der Waals surface area contributed by atoms with Gasteiger partial charge in [0.15, 0.2) is 0 Å². The first-order valence-electron chi connectivity index (χ1n) is 2.66. The summed E-state index contributed by atoms with van der Waals surface area (Å²) in [6.45, 7) is 6.00. The standard InChI is InChI=1S/C6H12Br/c1-3-6(2)4-5-7/h6H,1,3-5H2,2H3. The molecule has 0 amide bonds. The van der Waals surface area contributed by atoms with Crippen LogP contribution in [-0.4, -0.2) is 5.33 Å². The van der Waals surface area contributed by atoms with E-state index in [1.54, 1.807) is 0 Å². The van der Waals surface area contributed by atoms with Crippen molar-refractivity contribution in [2.75, 3.05) is 5.33 Å². The summed E-state index contributed by atoms with van der Waals surface area (Å²) in [6.07, 6.45) is 2.31. The molecule has 0 nitrogen and oxygen atoms in total. The van der Waals surface area contributed by atoms with E-state index in [0.717, 1.165) is 17.7 Å². The Morgan fingerprint density at radius 3 is 2.43 bits per heavy atom. The van der Waals surface area contributed by atoms with Gasteiger partial charge in [0.1, 0.15) is 0 Å². The Morgan fingerprint density at radius 2 is 2.29 bits per heavy atom. The zero-order valence-corrected chi connectivity index (χ0v) is 6.37. The van der Waals surface area contributed by atoms with E-state index in [9.17, 15) is 0 Å². The van der Waals surface area contributed by atoms with Crippen LogP contribution in [0.3, 0.4) is 0 Å². The van der Waals surface area contributed by atoms with E-state index >= 15 is 0 Å². The Kier molecular flexibility index (Phi) is 4.95. The van der Waals surface area contributed by atoms with Crippen LogP contribution < -0.4 is 0 Å². The summed E-state index contributed by atoms with van der Waals surface area (Å²) in [5.41, 5.74) is 0. The first-order valence-corrected chi connectivity index (χ1v) is 3.78. The maximum Gasteiger partial charge on any atom is 0.00338 e. The number of hydrogen-bond acceptors (Lipinski definition) is 0. The normalized spacial score (nSPS) is 14.1. The Morgan fingerprint density at radius 1 is 1.71 bits per heavy atom. The van der Waals surface area contributed by atoms with Crippen LogP contribution in [0.15, 0.2) is 0 Å². The monoisotopic (exact) mass is 163 g/mol. The van der Waals surface area contributed by atoms with Gasteiger partial charge in [-0.3, -0.25) is 0 Å². The van der Waals surface area contributed by atoms with Crippen molar-refractivity contribution in [2.24, 2.45) is 5.92 Å². The van der Waals surface area contributed by atoms with Gasteiger partial charge in [-0.05, 0) is 12.3 Å². The van der Waals surface area contributed by atoms with Gasteiger partial charge < -0.3 is 0 Å². The third-order valence-electron chi connectivity index (χ3n) is 1.09. The van der Waals surface area contributed by atoms with E-state index in [2.05, 4.69) is 29.8 Å². The summed E-state index contributed by atoms with van der Waals surface area (Å²) in [7, 11) is 0. The topological polar surface area (TPSA) is 0 Å². The minimum atomic E-state index is 0.791. The summed E-state index contributed by atoms with van der Waals surface area (Å²) in [6, 6.07) is 0. The van der Waals surface area contributed by atoms with E-state index in [1.807, 2.05) is 0 Å². The van der Waals surface area contributed by atoms with Crippen molar-refractivity contribution in [2.45, 2.75) is 19.8 Å². The van der Waals surface area contributed by atoms with Gasteiger partial charge in [0, 0.05) is 5.33 Å². The zero-order chi connectivity index (χ0) is 5.70. The van der Waals surface area contributed by atoms with Crippen LogP contribution in [0.2, 0.25) is 0 Å². The number of rotatable bonds is 3. The second-order valence-corrected chi connectivity index (χ2v) is 2.66. The van der Waals surface area contributed by atoms with Gasteiger partial charge in [-0.15, -0.1) is 0 Å². The average molecular weight is 164 g/mol. The van der Waals surface area contributed by atoms with Crippen LogP contribution in [0, 0.1) is 12.8 Å². The molecule has 0 aromatic carbocycles. The van der Waals surface area contributed by atoms with Crippen LogP contribution >= 0.6 is 15.9 Å². The Hall–Kier alpha value is 0.480. The number of alkyl halides is 1. The van der Waals surface area contributed by atoms with Crippen LogP contribution in [0.25, 0.3) is 0 Å². The van der Waals surface area contributed by atoms with Crippen LogP contribution in [-0.2, 0) is 0 Å². The minimum absolute atomic E-state index is 0.791.